The van der Waals surface area contributed by atoms with Crippen LogP contribution in [0.1, 0.15) is 52.9 Å². The van der Waals surface area contributed by atoms with Gasteiger partial charge in [-0.1, -0.05) is 33.6 Å². The minimum Gasteiger partial charge on any atom is -0.342 e. The summed E-state index contributed by atoms with van der Waals surface area (Å²) in [5, 5.41) is 0. The summed E-state index contributed by atoms with van der Waals surface area (Å²) >= 11 is 0. The van der Waals surface area contributed by atoms with Gasteiger partial charge < -0.3 is 4.90 Å². The number of carbonyl (C=O) groups excluding carboxylic acids is 1. The first-order chi connectivity index (χ1) is 6.58. The van der Waals surface area contributed by atoms with Gasteiger partial charge >= 0.3 is 0 Å². The molecule has 1 saturated heterocycles. The molecular formula is C12H23NO. The molecule has 2 heteroatoms. The standard InChI is InChI=1S/C12H23NO/c1-4-12(2,3)11(14)13-9-7-5-6-8-10-13/h4-10H2,1-3H3. The predicted octanol–water partition coefficient (Wildman–Crippen LogP) is 2.83. The van der Waals surface area contributed by atoms with Gasteiger partial charge in [0.25, 0.3) is 0 Å². The summed E-state index contributed by atoms with van der Waals surface area (Å²) in [5.41, 5.74) is -0.162. The van der Waals surface area contributed by atoms with Gasteiger partial charge in [-0.15, -0.1) is 0 Å². The monoisotopic (exact) mass is 197 g/mol. The van der Waals surface area contributed by atoms with Crippen LogP contribution in [-0.4, -0.2) is 23.9 Å². The van der Waals surface area contributed by atoms with Crippen LogP contribution in [0.15, 0.2) is 0 Å². The predicted molar refractivity (Wildman–Crippen MR) is 59.1 cm³/mol. The molecule has 0 saturated carbocycles. The highest BCUT2D eigenvalue weighted by Crippen LogP contribution is 2.24. The molecule has 0 N–H and O–H groups in total. The van der Waals surface area contributed by atoms with Crippen molar-refractivity contribution in [1.82, 2.24) is 4.90 Å². The Morgan fingerprint density at radius 1 is 1.14 bits per heavy atom. The fraction of sp³-hybridized carbons (Fsp3) is 0.917. The fourth-order valence-corrected chi connectivity index (χ4v) is 1.85. The van der Waals surface area contributed by atoms with Crippen LogP contribution in [0.4, 0.5) is 0 Å². The van der Waals surface area contributed by atoms with Gasteiger partial charge in [-0.05, 0) is 19.3 Å². The number of rotatable bonds is 2. The van der Waals surface area contributed by atoms with E-state index >= 15 is 0 Å². The highest BCUT2D eigenvalue weighted by atomic mass is 16.2. The first kappa shape index (κ1) is 11.5. The van der Waals surface area contributed by atoms with Crippen molar-refractivity contribution in [3.8, 4) is 0 Å². The lowest BCUT2D eigenvalue weighted by Gasteiger charge is -2.30. The average molecular weight is 197 g/mol. The number of likely N-dealkylation sites (tertiary alicyclic amines) is 1. The number of amides is 1. The molecule has 0 radical (unpaired) electrons. The van der Waals surface area contributed by atoms with E-state index in [4.69, 9.17) is 0 Å². The first-order valence-corrected chi connectivity index (χ1v) is 5.87. The Bertz CT molecular complexity index is 190. The van der Waals surface area contributed by atoms with Gasteiger partial charge in [0, 0.05) is 18.5 Å². The van der Waals surface area contributed by atoms with Crippen molar-refractivity contribution < 1.29 is 4.79 Å². The molecule has 0 aliphatic carbocycles. The van der Waals surface area contributed by atoms with E-state index in [2.05, 4.69) is 25.7 Å². The topological polar surface area (TPSA) is 20.3 Å². The van der Waals surface area contributed by atoms with Crippen LogP contribution in [-0.2, 0) is 4.79 Å². The zero-order valence-corrected chi connectivity index (χ0v) is 9.81. The van der Waals surface area contributed by atoms with Crippen molar-refractivity contribution in [2.45, 2.75) is 52.9 Å². The van der Waals surface area contributed by atoms with E-state index in [0.717, 1.165) is 19.5 Å². The maximum atomic E-state index is 12.1. The molecule has 1 heterocycles. The summed E-state index contributed by atoms with van der Waals surface area (Å²) in [6, 6.07) is 0. The molecule has 0 aromatic rings. The lowest BCUT2D eigenvalue weighted by molar-refractivity contribution is -0.140. The summed E-state index contributed by atoms with van der Waals surface area (Å²) in [4.78, 5) is 14.2. The smallest absolute Gasteiger partial charge is 0.228 e. The summed E-state index contributed by atoms with van der Waals surface area (Å²) in [7, 11) is 0. The molecule has 2 nitrogen and oxygen atoms in total. The van der Waals surface area contributed by atoms with Gasteiger partial charge in [-0.25, -0.2) is 0 Å². The third-order valence-corrected chi connectivity index (χ3v) is 3.36. The molecule has 0 bridgehead atoms. The molecule has 0 unspecified atom stereocenters. The molecule has 82 valence electrons. The second-order valence-electron chi connectivity index (χ2n) is 4.94. The van der Waals surface area contributed by atoms with Crippen molar-refractivity contribution in [1.29, 1.82) is 0 Å². The van der Waals surface area contributed by atoms with Crippen molar-refractivity contribution in [2.75, 3.05) is 13.1 Å². The second-order valence-corrected chi connectivity index (χ2v) is 4.94. The molecule has 0 atom stereocenters. The van der Waals surface area contributed by atoms with Crippen molar-refractivity contribution in [2.24, 2.45) is 5.41 Å². The third kappa shape index (κ3) is 2.73. The van der Waals surface area contributed by atoms with E-state index in [1.807, 2.05) is 0 Å². The van der Waals surface area contributed by atoms with Gasteiger partial charge in [0.05, 0.1) is 0 Å². The zero-order valence-electron chi connectivity index (χ0n) is 9.81. The number of hydrogen-bond acceptors (Lipinski definition) is 1. The molecule has 1 aliphatic rings. The molecule has 0 aromatic heterocycles. The lowest BCUT2D eigenvalue weighted by atomic mass is 9.88. The maximum absolute atomic E-state index is 12.1. The molecule has 1 aliphatic heterocycles. The molecule has 0 spiro atoms. The number of carbonyl (C=O) groups is 1. The van der Waals surface area contributed by atoms with Crippen molar-refractivity contribution in [3.63, 3.8) is 0 Å². The van der Waals surface area contributed by atoms with Crippen molar-refractivity contribution in [3.05, 3.63) is 0 Å². The SMILES string of the molecule is CCC(C)(C)C(=O)N1CCCCCC1. The Kier molecular flexibility index (Phi) is 3.97. The van der Waals surface area contributed by atoms with Gasteiger partial charge in [0.1, 0.15) is 0 Å². The van der Waals surface area contributed by atoms with E-state index < -0.39 is 0 Å². The minimum atomic E-state index is -0.162. The Morgan fingerprint density at radius 3 is 2.07 bits per heavy atom. The molecule has 1 amide bonds. The molecular weight excluding hydrogens is 174 g/mol. The van der Waals surface area contributed by atoms with Gasteiger partial charge in [0.15, 0.2) is 0 Å². The summed E-state index contributed by atoms with van der Waals surface area (Å²) in [5.74, 6) is 0.349. The Morgan fingerprint density at radius 2 is 1.64 bits per heavy atom. The fourth-order valence-electron chi connectivity index (χ4n) is 1.85. The Balaban J connectivity index is 2.58. The number of nitrogens with zero attached hydrogens (tertiary/aromatic N) is 1. The molecule has 1 fully saturated rings. The van der Waals surface area contributed by atoms with Crippen LogP contribution in [0.3, 0.4) is 0 Å². The van der Waals surface area contributed by atoms with E-state index in [0.29, 0.717) is 5.91 Å². The van der Waals surface area contributed by atoms with Gasteiger partial charge in [-0.3, -0.25) is 4.79 Å². The lowest BCUT2D eigenvalue weighted by Crippen LogP contribution is -2.41. The third-order valence-electron chi connectivity index (χ3n) is 3.36. The summed E-state index contributed by atoms with van der Waals surface area (Å²) < 4.78 is 0. The molecule has 0 aromatic carbocycles. The number of hydrogen-bond donors (Lipinski definition) is 0. The highest BCUT2D eigenvalue weighted by molar-refractivity contribution is 5.81. The Hall–Kier alpha value is -0.530. The molecule has 14 heavy (non-hydrogen) atoms. The first-order valence-electron chi connectivity index (χ1n) is 5.87. The van der Waals surface area contributed by atoms with Crippen LogP contribution in [0.5, 0.6) is 0 Å². The zero-order chi connectivity index (χ0) is 10.6. The highest BCUT2D eigenvalue weighted by Gasteiger charge is 2.30. The van der Waals surface area contributed by atoms with Crippen LogP contribution < -0.4 is 0 Å². The normalized spacial score (nSPS) is 19.2. The summed E-state index contributed by atoms with van der Waals surface area (Å²) in [6.45, 7) is 8.15. The van der Waals surface area contributed by atoms with E-state index in [-0.39, 0.29) is 5.41 Å². The van der Waals surface area contributed by atoms with Crippen LogP contribution in [0.2, 0.25) is 0 Å². The van der Waals surface area contributed by atoms with E-state index in [1.54, 1.807) is 0 Å². The van der Waals surface area contributed by atoms with Gasteiger partial charge in [-0.2, -0.15) is 0 Å². The average Bonchev–Trinajstić information content (AvgIpc) is 2.44. The van der Waals surface area contributed by atoms with E-state index in [9.17, 15) is 4.79 Å². The van der Waals surface area contributed by atoms with Crippen LogP contribution in [0, 0.1) is 5.41 Å². The summed E-state index contributed by atoms with van der Waals surface area (Å²) in [6.07, 6.45) is 5.88. The van der Waals surface area contributed by atoms with Crippen molar-refractivity contribution >= 4 is 5.91 Å². The van der Waals surface area contributed by atoms with Gasteiger partial charge in [0.2, 0.25) is 5.91 Å². The molecule has 1 rings (SSSR count). The maximum Gasteiger partial charge on any atom is 0.228 e. The minimum absolute atomic E-state index is 0.162. The quantitative estimate of drug-likeness (QED) is 0.666. The second kappa shape index (κ2) is 4.81. The Labute approximate surface area is 87.7 Å². The van der Waals surface area contributed by atoms with E-state index in [1.165, 1.54) is 25.7 Å². The largest absolute Gasteiger partial charge is 0.342 e. The van der Waals surface area contributed by atoms with Crippen LogP contribution >= 0.6 is 0 Å². The van der Waals surface area contributed by atoms with Crippen LogP contribution in [0.25, 0.3) is 0 Å².